The van der Waals surface area contributed by atoms with E-state index in [1.54, 1.807) is 26.8 Å². The van der Waals surface area contributed by atoms with Gasteiger partial charge in [0.15, 0.2) is 0 Å². The lowest BCUT2D eigenvalue weighted by Crippen LogP contribution is -2.27. The van der Waals surface area contributed by atoms with Crippen molar-refractivity contribution in [1.29, 1.82) is 0 Å². The van der Waals surface area contributed by atoms with Gasteiger partial charge in [-0.15, -0.1) is 0 Å². The number of ether oxygens (including phenoxy) is 3. The Kier molecular flexibility index (Phi) is 11.2. The van der Waals surface area contributed by atoms with E-state index in [1.165, 1.54) is 13.2 Å². The number of anilines is 3. The first kappa shape index (κ1) is 33.2. The maximum Gasteiger partial charge on any atom is 0.412 e. The van der Waals surface area contributed by atoms with Gasteiger partial charge in [-0.05, 0) is 51.8 Å². The van der Waals surface area contributed by atoms with Gasteiger partial charge in [0.1, 0.15) is 29.0 Å². The molecule has 3 N–H and O–H groups in total. The van der Waals surface area contributed by atoms with E-state index in [9.17, 15) is 14.4 Å². The summed E-state index contributed by atoms with van der Waals surface area (Å²) in [5, 5.41) is 8.56. The summed E-state index contributed by atoms with van der Waals surface area (Å²) in [5.74, 6) is 0.438. The van der Waals surface area contributed by atoms with Gasteiger partial charge in [-0.3, -0.25) is 20.0 Å². The number of carbonyl (C=O) groups excluding carboxylic acids is 3. The monoisotopic (exact) mass is 619 g/mol. The molecule has 42 heavy (non-hydrogen) atoms. The van der Waals surface area contributed by atoms with Crippen LogP contribution in [0.5, 0.6) is 0 Å². The van der Waals surface area contributed by atoms with E-state index < -0.39 is 25.9 Å². The van der Waals surface area contributed by atoms with Crippen molar-refractivity contribution in [2.24, 2.45) is 0 Å². The number of nitrogens with zero attached hydrogens (tertiary/aromatic N) is 2. The van der Waals surface area contributed by atoms with Gasteiger partial charge in [-0.25, -0.2) is 14.6 Å². The minimum absolute atomic E-state index is 0.202. The number of amides is 3. The van der Waals surface area contributed by atoms with E-state index >= 15 is 0 Å². The first-order chi connectivity index (χ1) is 19.7. The molecule has 0 unspecified atom stereocenters. The largest absolute Gasteiger partial charge is 0.453 e. The molecular formula is C29H42ClN5O6Si. The Hall–Kier alpha value is -3.35. The Balaban J connectivity index is 2.18. The SMILES string of the molecule is COC(=O)Nc1cc2c(c(NC(=O)OC(C)(C)C)c1)-c1nc(n(COCC[Si](C)(C)C)c1Cl)CCC=CCCC(=O)N2. The molecule has 0 spiro atoms. The maximum atomic E-state index is 13.0. The minimum atomic E-state index is -1.30. The number of halogens is 1. The Morgan fingerprint density at radius 1 is 1.10 bits per heavy atom. The summed E-state index contributed by atoms with van der Waals surface area (Å²) in [6, 6.07) is 4.10. The molecular weight excluding hydrogens is 578 g/mol. The third-order valence-corrected chi connectivity index (χ3v) is 8.24. The van der Waals surface area contributed by atoms with Crippen molar-refractivity contribution < 1.29 is 28.6 Å². The summed E-state index contributed by atoms with van der Waals surface area (Å²) < 4.78 is 18.1. The van der Waals surface area contributed by atoms with Crippen LogP contribution in [0, 0.1) is 0 Å². The first-order valence-electron chi connectivity index (χ1n) is 14.0. The van der Waals surface area contributed by atoms with Gasteiger partial charge in [0.25, 0.3) is 0 Å². The van der Waals surface area contributed by atoms with Crippen molar-refractivity contribution in [3.05, 3.63) is 35.3 Å². The third kappa shape index (κ3) is 9.88. The van der Waals surface area contributed by atoms with Gasteiger partial charge in [-0.1, -0.05) is 43.4 Å². The topological polar surface area (TPSA) is 133 Å². The summed E-state index contributed by atoms with van der Waals surface area (Å²) >= 11 is 6.99. The summed E-state index contributed by atoms with van der Waals surface area (Å²) in [6.07, 6.45) is 4.58. The molecule has 11 nitrogen and oxygen atoms in total. The fourth-order valence-electron chi connectivity index (χ4n) is 4.12. The van der Waals surface area contributed by atoms with Crippen LogP contribution in [0.3, 0.4) is 0 Å². The van der Waals surface area contributed by atoms with Crippen molar-refractivity contribution in [3.8, 4) is 11.3 Å². The smallest absolute Gasteiger partial charge is 0.412 e. The minimum Gasteiger partial charge on any atom is -0.453 e. The molecule has 2 heterocycles. The lowest BCUT2D eigenvalue weighted by Gasteiger charge is -2.22. The van der Waals surface area contributed by atoms with Crippen LogP contribution in [0.25, 0.3) is 11.3 Å². The van der Waals surface area contributed by atoms with Crippen molar-refractivity contribution in [2.75, 3.05) is 29.7 Å². The predicted octanol–water partition coefficient (Wildman–Crippen LogP) is 7.26. The number of aromatic nitrogens is 2. The maximum absolute atomic E-state index is 13.0. The molecule has 230 valence electrons. The number of hydrogen-bond acceptors (Lipinski definition) is 7. The van der Waals surface area contributed by atoms with Crippen LogP contribution in [0.2, 0.25) is 30.8 Å². The normalized spacial score (nSPS) is 14.0. The van der Waals surface area contributed by atoms with Gasteiger partial charge >= 0.3 is 12.2 Å². The highest BCUT2D eigenvalue weighted by Crippen LogP contribution is 2.42. The highest BCUT2D eigenvalue weighted by Gasteiger charge is 2.26. The molecule has 3 rings (SSSR count). The third-order valence-electron chi connectivity index (χ3n) is 6.16. The second-order valence-corrected chi connectivity index (χ2v) is 18.2. The van der Waals surface area contributed by atoms with Gasteiger partial charge in [-0.2, -0.15) is 0 Å². The number of aryl methyl sites for hydroxylation is 1. The van der Waals surface area contributed by atoms with Gasteiger partial charge in [0.2, 0.25) is 5.91 Å². The standard InChI is InChI=1S/C29H42ClN5O6Si/c1-29(2,3)41-28(38)33-21-17-19(31-27(37)39-4)16-20-24(21)25-26(30)35(18-40-14-15-42(5,6)7)22(34-25)12-10-8-9-11-13-23(36)32-20/h8-9,16-17H,10-15,18H2,1-7H3,(H,31,37)(H,32,36)(H,33,38). The molecule has 0 aliphatic carbocycles. The first-order valence-corrected chi connectivity index (χ1v) is 18.1. The van der Waals surface area contributed by atoms with Crippen molar-refractivity contribution in [3.63, 3.8) is 0 Å². The van der Waals surface area contributed by atoms with Crippen LogP contribution < -0.4 is 16.0 Å². The van der Waals surface area contributed by atoms with Gasteiger partial charge in [0, 0.05) is 33.2 Å². The van der Waals surface area contributed by atoms with Crippen molar-refractivity contribution in [2.45, 2.75) is 84.5 Å². The van der Waals surface area contributed by atoms with Crippen LogP contribution >= 0.6 is 11.6 Å². The van der Waals surface area contributed by atoms with E-state index in [2.05, 4.69) is 35.6 Å². The summed E-state index contributed by atoms with van der Waals surface area (Å²) in [4.78, 5) is 42.9. The molecule has 1 aromatic carbocycles. The lowest BCUT2D eigenvalue weighted by atomic mass is 10.1. The van der Waals surface area contributed by atoms with Crippen LogP contribution in [-0.2, 0) is 32.2 Å². The molecule has 13 heteroatoms. The average Bonchev–Trinajstić information content (AvgIpc) is 3.16. The zero-order valence-electron chi connectivity index (χ0n) is 25.5. The number of hydrogen-bond donors (Lipinski definition) is 3. The van der Waals surface area contributed by atoms with Crippen LogP contribution in [0.1, 0.15) is 45.9 Å². The predicted molar refractivity (Wildman–Crippen MR) is 168 cm³/mol. The molecule has 0 atom stereocenters. The fourth-order valence-corrected chi connectivity index (χ4v) is 5.16. The molecule has 0 radical (unpaired) electrons. The molecule has 0 fully saturated rings. The second kappa shape index (κ2) is 14.2. The highest BCUT2D eigenvalue weighted by atomic mass is 35.5. The second-order valence-electron chi connectivity index (χ2n) is 12.2. The molecule has 0 saturated heterocycles. The van der Waals surface area contributed by atoms with E-state index in [-0.39, 0.29) is 35.6 Å². The molecule has 2 aromatic rings. The van der Waals surface area contributed by atoms with E-state index in [0.717, 1.165) is 6.04 Å². The Morgan fingerprint density at radius 2 is 1.79 bits per heavy atom. The molecule has 1 aliphatic rings. The highest BCUT2D eigenvalue weighted by molar-refractivity contribution is 6.76. The molecule has 1 aromatic heterocycles. The number of nitrogens with one attached hydrogen (secondary N) is 3. The number of benzene rings is 1. The summed E-state index contributed by atoms with van der Waals surface area (Å²) in [6.45, 7) is 12.9. The van der Waals surface area contributed by atoms with Gasteiger partial charge < -0.3 is 19.5 Å². The number of carbonyl (C=O) groups is 3. The molecule has 0 saturated carbocycles. The molecule has 2 bridgehead atoms. The number of allylic oxidation sites excluding steroid dienone is 2. The lowest BCUT2D eigenvalue weighted by molar-refractivity contribution is -0.116. The number of methoxy groups -OCH3 is 1. The Labute approximate surface area is 253 Å². The number of rotatable bonds is 7. The van der Waals surface area contributed by atoms with Crippen molar-refractivity contribution >= 4 is 54.8 Å². The van der Waals surface area contributed by atoms with E-state index in [4.69, 9.17) is 30.8 Å². The molecule has 1 aliphatic heterocycles. The zero-order valence-corrected chi connectivity index (χ0v) is 27.2. The van der Waals surface area contributed by atoms with Crippen LogP contribution in [0.15, 0.2) is 24.3 Å². The number of imidazole rings is 1. The number of fused-ring (bicyclic) bond motifs is 4. The van der Waals surface area contributed by atoms with E-state index in [1.807, 2.05) is 16.7 Å². The summed E-state index contributed by atoms with van der Waals surface area (Å²) in [5.41, 5.74) is 0.714. The van der Waals surface area contributed by atoms with Crippen LogP contribution in [0.4, 0.5) is 26.7 Å². The fraction of sp³-hybridized carbons (Fsp3) is 0.517. The van der Waals surface area contributed by atoms with Crippen LogP contribution in [-0.4, -0.2) is 55.0 Å². The molecule has 3 amide bonds. The van der Waals surface area contributed by atoms with Gasteiger partial charge in [0.05, 0.1) is 24.0 Å². The quantitative estimate of drug-likeness (QED) is 0.169. The van der Waals surface area contributed by atoms with Crippen molar-refractivity contribution in [1.82, 2.24) is 9.55 Å². The zero-order chi connectivity index (χ0) is 31.1. The average molecular weight is 620 g/mol. The summed E-state index contributed by atoms with van der Waals surface area (Å²) in [7, 11) is -0.0593. The van der Waals surface area contributed by atoms with E-state index in [0.29, 0.717) is 48.6 Å². The Morgan fingerprint density at radius 3 is 2.43 bits per heavy atom. The Bertz CT molecular complexity index is 1330.